The Morgan fingerprint density at radius 2 is 2.18 bits per heavy atom. The number of carboxylic acids is 1. The summed E-state index contributed by atoms with van der Waals surface area (Å²) in [4.78, 5) is 26.1. The van der Waals surface area contributed by atoms with Gasteiger partial charge >= 0.3 is 5.97 Å². The smallest absolute Gasteiger partial charge is 0.335 e. The van der Waals surface area contributed by atoms with Gasteiger partial charge in [-0.15, -0.1) is 0 Å². The van der Waals surface area contributed by atoms with Gasteiger partial charge in [0.05, 0.1) is 5.56 Å². The van der Waals surface area contributed by atoms with Crippen LogP contribution in [0.5, 0.6) is 0 Å². The molecule has 0 bridgehead atoms. The minimum Gasteiger partial charge on any atom is -0.478 e. The molecule has 5 heteroatoms. The lowest BCUT2D eigenvalue weighted by Crippen LogP contribution is -2.12. The first-order valence-electron chi connectivity index (χ1n) is 5.62. The number of carboxylic acid groups (broad SMARTS) is 1. The Bertz CT molecular complexity index is 404. The topological polar surface area (TPSA) is 79.3 Å². The first-order chi connectivity index (χ1) is 8.13. The number of carbonyl (C=O) groups is 2. The average molecular weight is 236 g/mol. The standard InChI is InChI=1S/C12H16N2O3/c1-2-3-4-5-11(15)14-10-8-9(12(16)17)6-7-13-10/h6-8H,2-5H2,1H3,(H,16,17)(H,13,14,15). The molecule has 0 aliphatic heterocycles. The number of aromatic carboxylic acids is 1. The summed E-state index contributed by atoms with van der Waals surface area (Å²) in [5.74, 6) is -0.881. The van der Waals surface area contributed by atoms with Crippen LogP contribution in [0.4, 0.5) is 5.82 Å². The van der Waals surface area contributed by atoms with Gasteiger partial charge in [-0.05, 0) is 18.6 Å². The van der Waals surface area contributed by atoms with Crippen LogP contribution in [-0.2, 0) is 4.79 Å². The third-order valence-electron chi connectivity index (χ3n) is 2.28. The summed E-state index contributed by atoms with van der Waals surface area (Å²) in [7, 11) is 0. The van der Waals surface area contributed by atoms with Crippen LogP contribution in [0.1, 0.15) is 43.0 Å². The number of nitrogens with one attached hydrogen (secondary N) is 1. The van der Waals surface area contributed by atoms with Gasteiger partial charge in [0.25, 0.3) is 0 Å². The molecule has 1 rings (SSSR count). The number of carbonyl (C=O) groups excluding carboxylic acids is 1. The van der Waals surface area contributed by atoms with Gasteiger partial charge in [-0.25, -0.2) is 9.78 Å². The van der Waals surface area contributed by atoms with Crippen molar-refractivity contribution in [2.45, 2.75) is 32.6 Å². The Morgan fingerprint density at radius 3 is 2.82 bits per heavy atom. The maximum absolute atomic E-state index is 11.5. The van der Waals surface area contributed by atoms with Crippen molar-refractivity contribution in [1.29, 1.82) is 0 Å². The quantitative estimate of drug-likeness (QED) is 0.743. The molecule has 0 aliphatic carbocycles. The number of nitrogens with zero attached hydrogens (tertiary/aromatic N) is 1. The molecule has 0 aliphatic rings. The van der Waals surface area contributed by atoms with Crippen molar-refractivity contribution in [2.75, 3.05) is 5.32 Å². The second-order valence-electron chi connectivity index (χ2n) is 3.74. The minimum atomic E-state index is -1.03. The number of pyridine rings is 1. The fraction of sp³-hybridized carbons (Fsp3) is 0.417. The van der Waals surface area contributed by atoms with Crippen LogP contribution in [0.2, 0.25) is 0 Å². The SMILES string of the molecule is CCCCCC(=O)Nc1cc(C(=O)O)ccn1. The predicted molar refractivity (Wildman–Crippen MR) is 64.0 cm³/mol. The number of rotatable bonds is 6. The molecular weight excluding hydrogens is 220 g/mol. The molecule has 5 nitrogen and oxygen atoms in total. The van der Waals surface area contributed by atoms with E-state index in [0.717, 1.165) is 19.3 Å². The van der Waals surface area contributed by atoms with Gasteiger partial charge in [0.2, 0.25) is 5.91 Å². The van der Waals surface area contributed by atoms with Gasteiger partial charge < -0.3 is 10.4 Å². The Labute approximate surface area is 99.9 Å². The number of anilines is 1. The highest BCUT2D eigenvalue weighted by Gasteiger charge is 2.06. The fourth-order valence-electron chi connectivity index (χ4n) is 1.37. The Hall–Kier alpha value is -1.91. The average Bonchev–Trinajstić information content (AvgIpc) is 2.29. The summed E-state index contributed by atoms with van der Waals surface area (Å²) in [5, 5.41) is 11.4. The van der Waals surface area contributed by atoms with E-state index in [1.165, 1.54) is 18.3 Å². The number of hydrogen-bond donors (Lipinski definition) is 2. The van der Waals surface area contributed by atoms with E-state index in [4.69, 9.17) is 5.11 Å². The summed E-state index contributed by atoms with van der Waals surface area (Å²) in [6.07, 6.45) is 4.70. The van der Waals surface area contributed by atoms with Crippen LogP contribution >= 0.6 is 0 Å². The van der Waals surface area contributed by atoms with Crippen LogP contribution in [0, 0.1) is 0 Å². The zero-order valence-corrected chi connectivity index (χ0v) is 9.77. The molecule has 0 atom stereocenters. The third kappa shape index (κ3) is 4.63. The molecule has 1 aromatic rings. The van der Waals surface area contributed by atoms with Crippen LogP contribution < -0.4 is 5.32 Å². The monoisotopic (exact) mass is 236 g/mol. The van der Waals surface area contributed by atoms with Crippen LogP contribution in [0.25, 0.3) is 0 Å². The number of unbranched alkanes of at least 4 members (excludes halogenated alkanes) is 2. The number of aromatic nitrogens is 1. The minimum absolute atomic E-state index is 0.115. The highest BCUT2D eigenvalue weighted by Crippen LogP contribution is 2.08. The molecule has 0 radical (unpaired) electrons. The van der Waals surface area contributed by atoms with Crippen molar-refractivity contribution in [3.63, 3.8) is 0 Å². The van der Waals surface area contributed by atoms with Crippen LogP contribution in [-0.4, -0.2) is 22.0 Å². The summed E-state index contributed by atoms with van der Waals surface area (Å²) in [6, 6.07) is 2.73. The highest BCUT2D eigenvalue weighted by atomic mass is 16.4. The maximum atomic E-state index is 11.5. The molecule has 17 heavy (non-hydrogen) atoms. The van der Waals surface area contributed by atoms with Gasteiger partial charge in [0, 0.05) is 12.6 Å². The summed E-state index contributed by atoms with van der Waals surface area (Å²) in [5.41, 5.74) is 0.115. The molecule has 2 N–H and O–H groups in total. The zero-order chi connectivity index (χ0) is 12.7. The molecule has 0 aromatic carbocycles. The normalized spacial score (nSPS) is 9.94. The van der Waals surface area contributed by atoms with E-state index < -0.39 is 5.97 Å². The van der Waals surface area contributed by atoms with Gasteiger partial charge in [0.1, 0.15) is 5.82 Å². The largest absolute Gasteiger partial charge is 0.478 e. The first kappa shape index (κ1) is 13.2. The summed E-state index contributed by atoms with van der Waals surface area (Å²) >= 11 is 0. The lowest BCUT2D eigenvalue weighted by molar-refractivity contribution is -0.116. The Balaban J connectivity index is 2.53. The Kier molecular flexibility index (Phi) is 5.13. The molecule has 1 aromatic heterocycles. The van der Waals surface area contributed by atoms with Crippen molar-refractivity contribution in [1.82, 2.24) is 4.98 Å². The zero-order valence-electron chi connectivity index (χ0n) is 9.77. The number of hydrogen-bond acceptors (Lipinski definition) is 3. The third-order valence-corrected chi connectivity index (χ3v) is 2.28. The molecule has 0 fully saturated rings. The van der Waals surface area contributed by atoms with Crippen molar-refractivity contribution >= 4 is 17.7 Å². The molecule has 0 saturated heterocycles. The van der Waals surface area contributed by atoms with Crippen molar-refractivity contribution in [2.24, 2.45) is 0 Å². The fourth-order valence-corrected chi connectivity index (χ4v) is 1.37. The second-order valence-corrected chi connectivity index (χ2v) is 3.74. The Morgan fingerprint density at radius 1 is 1.41 bits per heavy atom. The van der Waals surface area contributed by atoms with Gasteiger partial charge in [0.15, 0.2) is 0 Å². The van der Waals surface area contributed by atoms with Gasteiger partial charge in [-0.1, -0.05) is 19.8 Å². The van der Waals surface area contributed by atoms with E-state index in [1.54, 1.807) is 0 Å². The molecule has 0 saturated carbocycles. The number of amides is 1. The van der Waals surface area contributed by atoms with Crippen molar-refractivity contribution in [3.8, 4) is 0 Å². The van der Waals surface area contributed by atoms with Crippen LogP contribution in [0.3, 0.4) is 0 Å². The van der Waals surface area contributed by atoms with Gasteiger partial charge in [-0.2, -0.15) is 0 Å². The lowest BCUT2D eigenvalue weighted by atomic mass is 10.2. The molecule has 1 amide bonds. The maximum Gasteiger partial charge on any atom is 0.335 e. The predicted octanol–water partition coefficient (Wildman–Crippen LogP) is 2.30. The van der Waals surface area contributed by atoms with E-state index in [0.29, 0.717) is 6.42 Å². The van der Waals surface area contributed by atoms with E-state index in [9.17, 15) is 9.59 Å². The van der Waals surface area contributed by atoms with E-state index in [1.807, 2.05) is 0 Å². The summed E-state index contributed by atoms with van der Waals surface area (Å²) < 4.78 is 0. The first-order valence-corrected chi connectivity index (χ1v) is 5.62. The van der Waals surface area contributed by atoms with Gasteiger partial charge in [-0.3, -0.25) is 4.79 Å². The second kappa shape index (κ2) is 6.62. The molecule has 0 unspecified atom stereocenters. The molecule has 92 valence electrons. The van der Waals surface area contributed by atoms with E-state index >= 15 is 0 Å². The van der Waals surface area contributed by atoms with E-state index in [2.05, 4.69) is 17.2 Å². The lowest BCUT2D eigenvalue weighted by Gasteiger charge is -2.04. The summed E-state index contributed by atoms with van der Waals surface area (Å²) in [6.45, 7) is 2.07. The molecule has 0 spiro atoms. The van der Waals surface area contributed by atoms with Crippen LogP contribution in [0.15, 0.2) is 18.3 Å². The molecule has 1 heterocycles. The van der Waals surface area contributed by atoms with E-state index in [-0.39, 0.29) is 17.3 Å². The van der Waals surface area contributed by atoms with Crippen molar-refractivity contribution in [3.05, 3.63) is 23.9 Å². The highest BCUT2D eigenvalue weighted by molar-refractivity contribution is 5.92. The van der Waals surface area contributed by atoms with Crippen molar-refractivity contribution < 1.29 is 14.7 Å². The molecular formula is C12H16N2O3.